The van der Waals surface area contributed by atoms with Gasteiger partial charge in [-0.1, -0.05) is 13.8 Å². The number of rotatable bonds is 6. The molecule has 2 aromatic heterocycles. The average molecular weight is 406 g/mol. The van der Waals surface area contributed by atoms with Crippen LogP contribution in [0.5, 0.6) is 0 Å². The van der Waals surface area contributed by atoms with Gasteiger partial charge in [0.15, 0.2) is 5.65 Å². The third-order valence-electron chi connectivity index (χ3n) is 5.25. The Morgan fingerprint density at radius 2 is 1.77 bits per heavy atom. The van der Waals surface area contributed by atoms with Gasteiger partial charge in [-0.25, -0.2) is 4.98 Å². The molecule has 1 fully saturated rings. The lowest BCUT2D eigenvalue weighted by atomic mass is 10.1. The second-order valence-corrected chi connectivity index (χ2v) is 8.45. The van der Waals surface area contributed by atoms with Crippen LogP contribution in [0.3, 0.4) is 0 Å². The SMILES string of the molecule is Cc1nn(C)c2nc(C3CC3)cc(C(=O)Nc3ccc(NC(=O)CC(C)C)cc3)c12. The highest BCUT2D eigenvalue weighted by molar-refractivity contribution is 6.12. The molecule has 2 N–H and O–H groups in total. The van der Waals surface area contributed by atoms with Crippen molar-refractivity contribution in [2.75, 3.05) is 10.6 Å². The van der Waals surface area contributed by atoms with Crippen molar-refractivity contribution in [3.8, 4) is 0 Å². The number of nitrogens with one attached hydrogen (secondary N) is 2. The van der Waals surface area contributed by atoms with E-state index >= 15 is 0 Å². The van der Waals surface area contributed by atoms with Crippen LogP contribution >= 0.6 is 0 Å². The largest absolute Gasteiger partial charge is 0.326 e. The van der Waals surface area contributed by atoms with Crippen molar-refractivity contribution in [3.63, 3.8) is 0 Å². The minimum absolute atomic E-state index is 0.0133. The predicted octanol–water partition coefficient (Wildman–Crippen LogP) is 4.39. The van der Waals surface area contributed by atoms with Crippen LogP contribution < -0.4 is 10.6 Å². The molecule has 0 aliphatic heterocycles. The molecule has 2 amide bonds. The lowest BCUT2D eigenvalue weighted by molar-refractivity contribution is -0.116. The van der Waals surface area contributed by atoms with E-state index in [1.807, 2.05) is 33.9 Å². The molecule has 7 nitrogen and oxygen atoms in total. The second kappa shape index (κ2) is 7.89. The Balaban J connectivity index is 1.55. The fourth-order valence-electron chi connectivity index (χ4n) is 3.65. The predicted molar refractivity (Wildman–Crippen MR) is 118 cm³/mol. The summed E-state index contributed by atoms with van der Waals surface area (Å²) in [6, 6.07) is 9.07. The molecule has 1 aliphatic rings. The van der Waals surface area contributed by atoms with Crippen LogP contribution in [-0.4, -0.2) is 26.6 Å². The van der Waals surface area contributed by atoms with Gasteiger partial charge in [0.2, 0.25) is 5.91 Å². The topological polar surface area (TPSA) is 88.9 Å². The fourth-order valence-corrected chi connectivity index (χ4v) is 3.65. The van der Waals surface area contributed by atoms with Crippen LogP contribution in [0, 0.1) is 12.8 Å². The lowest BCUT2D eigenvalue weighted by Crippen LogP contribution is -2.15. The molecule has 30 heavy (non-hydrogen) atoms. The summed E-state index contributed by atoms with van der Waals surface area (Å²) in [4.78, 5) is 29.8. The molecule has 0 saturated heterocycles. The number of hydrogen-bond donors (Lipinski definition) is 2. The Kier molecular flexibility index (Phi) is 5.28. The van der Waals surface area contributed by atoms with E-state index in [1.54, 1.807) is 28.9 Å². The minimum Gasteiger partial charge on any atom is -0.326 e. The number of amides is 2. The van der Waals surface area contributed by atoms with Gasteiger partial charge in [0, 0.05) is 36.5 Å². The zero-order valence-corrected chi connectivity index (χ0v) is 17.8. The highest BCUT2D eigenvalue weighted by atomic mass is 16.2. The molecule has 1 aromatic carbocycles. The van der Waals surface area contributed by atoms with Gasteiger partial charge >= 0.3 is 0 Å². The highest BCUT2D eigenvalue weighted by Gasteiger charge is 2.28. The Bertz CT molecular complexity index is 1110. The number of nitrogens with zero attached hydrogens (tertiary/aromatic N) is 3. The first-order chi connectivity index (χ1) is 14.3. The maximum absolute atomic E-state index is 13.1. The van der Waals surface area contributed by atoms with Gasteiger partial charge in [0.1, 0.15) is 0 Å². The second-order valence-electron chi connectivity index (χ2n) is 8.45. The van der Waals surface area contributed by atoms with Crippen molar-refractivity contribution in [1.82, 2.24) is 14.8 Å². The summed E-state index contributed by atoms with van der Waals surface area (Å²) in [5.74, 6) is 0.541. The third-order valence-corrected chi connectivity index (χ3v) is 5.25. The number of carbonyl (C=O) groups excluding carboxylic acids is 2. The van der Waals surface area contributed by atoms with Gasteiger partial charge in [0.25, 0.3) is 5.91 Å². The molecule has 156 valence electrons. The van der Waals surface area contributed by atoms with Crippen LogP contribution in [0.2, 0.25) is 0 Å². The van der Waals surface area contributed by atoms with Gasteiger partial charge in [-0.3, -0.25) is 14.3 Å². The normalized spacial score (nSPS) is 13.6. The van der Waals surface area contributed by atoms with Crippen LogP contribution in [0.1, 0.15) is 60.8 Å². The van der Waals surface area contributed by atoms with E-state index in [4.69, 9.17) is 4.98 Å². The summed E-state index contributed by atoms with van der Waals surface area (Å²) in [5.41, 5.74) is 4.46. The van der Waals surface area contributed by atoms with Crippen molar-refractivity contribution in [2.45, 2.75) is 46.0 Å². The van der Waals surface area contributed by atoms with Gasteiger partial charge in [0.05, 0.1) is 16.6 Å². The first kappa shape index (κ1) is 20.1. The Morgan fingerprint density at radius 3 is 2.37 bits per heavy atom. The maximum Gasteiger partial charge on any atom is 0.256 e. The summed E-state index contributed by atoms with van der Waals surface area (Å²) >= 11 is 0. The molecular formula is C23H27N5O2. The Morgan fingerprint density at radius 1 is 1.13 bits per heavy atom. The smallest absolute Gasteiger partial charge is 0.256 e. The molecule has 0 radical (unpaired) electrons. The Hall–Kier alpha value is -3.22. The lowest BCUT2D eigenvalue weighted by Gasteiger charge is -2.10. The molecule has 0 atom stereocenters. The summed E-state index contributed by atoms with van der Waals surface area (Å²) in [6.07, 6.45) is 2.70. The number of aryl methyl sites for hydroxylation is 2. The van der Waals surface area contributed by atoms with E-state index < -0.39 is 0 Å². The first-order valence-corrected chi connectivity index (χ1v) is 10.4. The average Bonchev–Trinajstić information content (AvgIpc) is 3.49. The van der Waals surface area contributed by atoms with Crippen LogP contribution in [0.4, 0.5) is 11.4 Å². The van der Waals surface area contributed by atoms with E-state index in [2.05, 4.69) is 15.7 Å². The van der Waals surface area contributed by atoms with Gasteiger partial charge in [-0.2, -0.15) is 5.10 Å². The van der Waals surface area contributed by atoms with Gasteiger partial charge < -0.3 is 10.6 Å². The number of hydrogen-bond acceptors (Lipinski definition) is 4. The number of aromatic nitrogens is 3. The summed E-state index contributed by atoms with van der Waals surface area (Å²) < 4.78 is 1.74. The van der Waals surface area contributed by atoms with E-state index in [0.29, 0.717) is 35.2 Å². The molecule has 1 saturated carbocycles. The van der Waals surface area contributed by atoms with Gasteiger partial charge in [-0.15, -0.1) is 0 Å². The third kappa shape index (κ3) is 4.20. The molecule has 2 heterocycles. The summed E-state index contributed by atoms with van der Waals surface area (Å²) in [7, 11) is 1.85. The zero-order valence-electron chi connectivity index (χ0n) is 17.8. The summed E-state index contributed by atoms with van der Waals surface area (Å²) in [6.45, 7) is 5.91. The van der Waals surface area contributed by atoms with E-state index in [-0.39, 0.29) is 11.8 Å². The number of fused-ring (bicyclic) bond motifs is 1. The Labute approximate surface area is 175 Å². The van der Waals surface area contributed by atoms with Crippen molar-refractivity contribution in [2.24, 2.45) is 13.0 Å². The van der Waals surface area contributed by atoms with Crippen molar-refractivity contribution in [1.29, 1.82) is 0 Å². The molecular weight excluding hydrogens is 378 g/mol. The molecule has 4 rings (SSSR count). The number of anilines is 2. The zero-order chi connectivity index (χ0) is 21.4. The standard InChI is InChI=1S/C23H27N5O2/c1-13(2)11-20(29)24-16-7-9-17(10-8-16)25-23(30)18-12-19(15-5-6-15)26-22-21(18)14(3)27-28(22)4/h7-10,12-13,15H,5-6,11H2,1-4H3,(H,24,29)(H,25,30). The molecule has 0 unspecified atom stereocenters. The molecule has 3 aromatic rings. The highest BCUT2D eigenvalue weighted by Crippen LogP contribution is 2.40. The van der Waals surface area contributed by atoms with E-state index in [0.717, 1.165) is 35.3 Å². The van der Waals surface area contributed by atoms with Crippen molar-refractivity contribution in [3.05, 3.63) is 47.3 Å². The van der Waals surface area contributed by atoms with Crippen molar-refractivity contribution < 1.29 is 9.59 Å². The van der Waals surface area contributed by atoms with E-state index in [1.165, 1.54) is 0 Å². The quantitative estimate of drug-likeness (QED) is 0.636. The van der Waals surface area contributed by atoms with Crippen LogP contribution in [0.25, 0.3) is 11.0 Å². The molecule has 1 aliphatic carbocycles. The molecule has 0 spiro atoms. The van der Waals surface area contributed by atoms with Gasteiger partial charge in [-0.05, 0) is 56.0 Å². The van der Waals surface area contributed by atoms with Crippen LogP contribution in [-0.2, 0) is 11.8 Å². The monoisotopic (exact) mass is 405 g/mol. The maximum atomic E-state index is 13.1. The van der Waals surface area contributed by atoms with Crippen LogP contribution in [0.15, 0.2) is 30.3 Å². The number of carbonyl (C=O) groups is 2. The molecule has 7 heteroatoms. The minimum atomic E-state index is -0.183. The molecule has 0 bridgehead atoms. The number of pyridine rings is 1. The number of benzene rings is 1. The fraction of sp³-hybridized carbons (Fsp3) is 0.391. The first-order valence-electron chi connectivity index (χ1n) is 10.4. The summed E-state index contributed by atoms with van der Waals surface area (Å²) in [5, 5.41) is 11.1. The van der Waals surface area contributed by atoms with Crippen molar-refractivity contribution >= 4 is 34.2 Å². The van der Waals surface area contributed by atoms with E-state index in [9.17, 15) is 9.59 Å².